The number of carbonyl (C=O) groups excluding carboxylic acids is 1. The first-order chi connectivity index (χ1) is 14.6. The summed E-state index contributed by atoms with van der Waals surface area (Å²) >= 11 is 1.98. The highest BCUT2D eigenvalue weighted by atomic mass is 32.2. The normalized spacial score (nSPS) is 13.6. The van der Waals surface area contributed by atoms with E-state index in [1.54, 1.807) is 30.3 Å². The fourth-order valence-electron chi connectivity index (χ4n) is 2.94. The van der Waals surface area contributed by atoms with Gasteiger partial charge in [0.25, 0.3) is 5.76 Å². The van der Waals surface area contributed by atoms with Crippen LogP contribution in [0.1, 0.15) is 30.8 Å². The summed E-state index contributed by atoms with van der Waals surface area (Å²) in [6.07, 6.45) is 6.20. The summed E-state index contributed by atoms with van der Waals surface area (Å²) in [6, 6.07) is 0. The van der Waals surface area contributed by atoms with Gasteiger partial charge in [-0.25, -0.2) is 15.0 Å². The van der Waals surface area contributed by atoms with E-state index in [1.165, 1.54) is 12.4 Å². The summed E-state index contributed by atoms with van der Waals surface area (Å²) in [7, 11) is 3.52. The van der Waals surface area contributed by atoms with Crippen LogP contribution in [0.3, 0.4) is 0 Å². The molecule has 2 aromatic rings. The summed E-state index contributed by atoms with van der Waals surface area (Å²) in [5.41, 5.74) is 1.69. The minimum absolute atomic E-state index is 0.0452. The van der Waals surface area contributed by atoms with E-state index in [-0.39, 0.29) is 11.3 Å². The standard InChI is InChI=1S/C20H26F2N6OS2/c1-20(2,10-25-18-23-8-13(9-24-18)30-17(21)22)11-26-19-27-14-6-5-12(7-15(14)31-19)16(29)28(3)4/h7-9,17H,5-6,10-11H2,1-4H3,(H,26,27)(H,23,24,25). The van der Waals surface area contributed by atoms with Crippen molar-refractivity contribution in [1.29, 1.82) is 0 Å². The van der Waals surface area contributed by atoms with Gasteiger partial charge >= 0.3 is 0 Å². The molecule has 168 valence electrons. The third kappa shape index (κ3) is 6.60. The quantitative estimate of drug-likeness (QED) is 0.533. The van der Waals surface area contributed by atoms with Crippen molar-refractivity contribution in [3.8, 4) is 0 Å². The summed E-state index contributed by atoms with van der Waals surface area (Å²) < 4.78 is 24.7. The van der Waals surface area contributed by atoms with Gasteiger partial charge in [-0.3, -0.25) is 4.79 Å². The maximum Gasteiger partial charge on any atom is 0.289 e. The topological polar surface area (TPSA) is 83.0 Å². The average Bonchev–Trinajstić information content (AvgIpc) is 3.13. The smallest absolute Gasteiger partial charge is 0.289 e. The molecule has 31 heavy (non-hydrogen) atoms. The van der Waals surface area contributed by atoms with Crippen molar-refractivity contribution < 1.29 is 13.6 Å². The lowest BCUT2D eigenvalue weighted by Crippen LogP contribution is -2.31. The molecule has 0 bridgehead atoms. The van der Waals surface area contributed by atoms with Crippen LogP contribution in [-0.4, -0.2) is 58.7 Å². The molecule has 1 aliphatic rings. The van der Waals surface area contributed by atoms with E-state index >= 15 is 0 Å². The first-order valence-corrected chi connectivity index (χ1v) is 11.5. The minimum atomic E-state index is -2.49. The predicted molar refractivity (Wildman–Crippen MR) is 122 cm³/mol. The van der Waals surface area contributed by atoms with Gasteiger partial charge in [-0.2, -0.15) is 8.78 Å². The van der Waals surface area contributed by atoms with Gasteiger partial charge in [0.2, 0.25) is 11.9 Å². The number of halogens is 2. The van der Waals surface area contributed by atoms with Gasteiger partial charge in [-0.15, -0.1) is 0 Å². The van der Waals surface area contributed by atoms with Gasteiger partial charge < -0.3 is 15.5 Å². The summed E-state index contributed by atoms with van der Waals surface area (Å²) in [5.74, 6) is -2.04. The molecule has 7 nitrogen and oxygen atoms in total. The van der Waals surface area contributed by atoms with Crippen molar-refractivity contribution in [3.05, 3.63) is 28.5 Å². The molecule has 3 rings (SSSR count). The van der Waals surface area contributed by atoms with Gasteiger partial charge in [-0.1, -0.05) is 36.9 Å². The number of thiazole rings is 1. The number of alkyl halides is 2. The number of aryl methyl sites for hydroxylation is 1. The highest BCUT2D eigenvalue weighted by Crippen LogP contribution is 2.32. The molecule has 0 saturated heterocycles. The number of fused-ring (bicyclic) bond motifs is 1. The highest BCUT2D eigenvalue weighted by Gasteiger charge is 2.23. The third-order valence-corrected chi connectivity index (χ3v) is 6.30. The van der Waals surface area contributed by atoms with Crippen molar-refractivity contribution >= 4 is 46.2 Å². The molecule has 2 aromatic heterocycles. The Morgan fingerprint density at radius 1 is 1.23 bits per heavy atom. The van der Waals surface area contributed by atoms with Crippen molar-refractivity contribution in [2.45, 2.75) is 37.3 Å². The molecule has 0 spiro atoms. The third-order valence-electron chi connectivity index (χ3n) is 4.64. The van der Waals surface area contributed by atoms with Crippen LogP contribution in [-0.2, 0) is 11.2 Å². The molecular formula is C20H26F2N6OS2. The van der Waals surface area contributed by atoms with Crippen molar-refractivity contribution in [3.63, 3.8) is 0 Å². The summed E-state index contributed by atoms with van der Waals surface area (Å²) in [4.78, 5) is 28.0. The Labute approximate surface area is 188 Å². The SMILES string of the molecule is CN(C)C(=O)C1=Cc2sc(NCC(C)(C)CNc3ncc(SC(F)F)cn3)nc2CC1. The van der Waals surface area contributed by atoms with Crippen LogP contribution < -0.4 is 10.6 Å². The Morgan fingerprint density at radius 3 is 2.55 bits per heavy atom. The van der Waals surface area contributed by atoms with Crippen LogP contribution in [0.5, 0.6) is 0 Å². The monoisotopic (exact) mass is 468 g/mol. The number of aromatic nitrogens is 3. The zero-order valence-corrected chi connectivity index (χ0v) is 19.5. The lowest BCUT2D eigenvalue weighted by Gasteiger charge is -2.25. The van der Waals surface area contributed by atoms with E-state index in [9.17, 15) is 13.6 Å². The van der Waals surface area contributed by atoms with Gasteiger partial charge in [0.1, 0.15) is 0 Å². The van der Waals surface area contributed by atoms with Crippen molar-refractivity contribution in [2.75, 3.05) is 37.8 Å². The molecule has 0 radical (unpaired) electrons. The second-order valence-electron chi connectivity index (χ2n) is 8.19. The molecule has 2 heterocycles. The number of anilines is 2. The van der Waals surface area contributed by atoms with E-state index in [0.29, 0.717) is 42.1 Å². The maximum absolute atomic E-state index is 12.4. The number of carbonyl (C=O) groups is 1. The lowest BCUT2D eigenvalue weighted by molar-refractivity contribution is -0.124. The van der Waals surface area contributed by atoms with Gasteiger partial charge in [0, 0.05) is 50.0 Å². The lowest BCUT2D eigenvalue weighted by atomic mass is 9.93. The first kappa shape index (κ1) is 23.4. The molecule has 0 fully saturated rings. The van der Waals surface area contributed by atoms with Gasteiger partial charge in [0.05, 0.1) is 10.6 Å². The number of hydrogen-bond acceptors (Lipinski definition) is 8. The predicted octanol–water partition coefficient (Wildman–Crippen LogP) is 4.22. The van der Waals surface area contributed by atoms with E-state index in [4.69, 9.17) is 0 Å². The van der Waals surface area contributed by atoms with Crippen molar-refractivity contribution in [2.24, 2.45) is 5.41 Å². The Hall–Kier alpha value is -2.27. The number of amides is 1. The first-order valence-electron chi connectivity index (χ1n) is 9.79. The molecule has 0 unspecified atom stereocenters. The van der Waals surface area contributed by atoms with Crippen LogP contribution in [0, 0.1) is 5.41 Å². The fraction of sp³-hybridized carbons (Fsp3) is 0.500. The molecule has 0 atom stereocenters. The fourth-order valence-corrected chi connectivity index (χ4v) is 4.35. The number of hydrogen-bond donors (Lipinski definition) is 2. The van der Waals surface area contributed by atoms with E-state index in [2.05, 4.69) is 39.4 Å². The number of nitrogens with one attached hydrogen (secondary N) is 2. The Bertz CT molecular complexity index is 944. The van der Waals surface area contributed by atoms with E-state index in [0.717, 1.165) is 27.7 Å². The zero-order valence-electron chi connectivity index (χ0n) is 17.9. The van der Waals surface area contributed by atoms with Crippen molar-refractivity contribution in [1.82, 2.24) is 19.9 Å². The van der Waals surface area contributed by atoms with Gasteiger partial charge in [0.15, 0.2) is 5.13 Å². The Kier molecular flexibility index (Phi) is 7.47. The summed E-state index contributed by atoms with van der Waals surface area (Å²) in [5, 5.41) is 7.37. The second kappa shape index (κ2) is 9.90. The van der Waals surface area contributed by atoms with Crippen LogP contribution in [0.15, 0.2) is 22.9 Å². The largest absolute Gasteiger partial charge is 0.361 e. The van der Waals surface area contributed by atoms with E-state index in [1.807, 2.05) is 6.08 Å². The zero-order chi connectivity index (χ0) is 22.6. The Morgan fingerprint density at radius 2 is 1.90 bits per heavy atom. The number of nitrogens with zero attached hydrogens (tertiary/aromatic N) is 4. The molecule has 0 aromatic carbocycles. The Balaban J connectivity index is 1.53. The van der Waals surface area contributed by atoms with Crippen LogP contribution in [0.25, 0.3) is 6.08 Å². The highest BCUT2D eigenvalue weighted by molar-refractivity contribution is 7.99. The van der Waals surface area contributed by atoms with E-state index < -0.39 is 5.76 Å². The minimum Gasteiger partial charge on any atom is -0.361 e. The second-order valence-corrected chi connectivity index (χ2v) is 10.3. The molecule has 1 aliphatic carbocycles. The average molecular weight is 469 g/mol. The number of likely N-dealkylation sites (N-methyl/N-ethyl adjacent to an activating group) is 1. The number of thioether (sulfide) groups is 1. The molecule has 0 saturated carbocycles. The van der Waals surface area contributed by atoms with Crippen LogP contribution in [0.4, 0.5) is 19.9 Å². The van der Waals surface area contributed by atoms with Crippen LogP contribution in [0.2, 0.25) is 0 Å². The molecule has 11 heteroatoms. The maximum atomic E-state index is 12.4. The molecule has 2 N–H and O–H groups in total. The summed E-state index contributed by atoms with van der Waals surface area (Å²) in [6.45, 7) is 5.44. The van der Waals surface area contributed by atoms with Crippen LogP contribution >= 0.6 is 23.1 Å². The molecule has 1 amide bonds. The number of rotatable bonds is 9. The molecular weight excluding hydrogens is 442 g/mol. The molecule has 0 aliphatic heterocycles. The van der Waals surface area contributed by atoms with Gasteiger partial charge in [-0.05, 0) is 24.3 Å².